The van der Waals surface area contributed by atoms with Crippen LogP contribution < -0.4 is 11.1 Å². The summed E-state index contributed by atoms with van der Waals surface area (Å²) in [6.07, 6.45) is 3.63. The molecule has 176 valence electrons. The van der Waals surface area contributed by atoms with Crippen molar-refractivity contribution in [2.45, 2.75) is 44.3 Å². The van der Waals surface area contributed by atoms with Gasteiger partial charge in [0.2, 0.25) is 11.7 Å². The van der Waals surface area contributed by atoms with Gasteiger partial charge in [-0.05, 0) is 38.5 Å². The number of hydrogen-bond donors (Lipinski definition) is 2. The number of anilines is 1. The summed E-state index contributed by atoms with van der Waals surface area (Å²) in [5, 5.41) is 12.3. The molecule has 4 rings (SSSR count). The number of nitrogen functional groups attached to an aromatic ring is 1. The monoisotopic (exact) mass is 476 g/mol. The zero-order valence-corrected chi connectivity index (χ0v) is 20.3. The van der Waals surface area contributed by atoms with E-state index >= 15 is 0 Å². The van der Waals surface area contributed by atoms with Gasteiger partial charge in [-0.2, -0.15) is 10.1 Å². The molecule has 1 amide bonds. The van der Waals surface area contributed by atoms with E-state index in [1.807, 2.05) is 62.6 Å². The summed E-state index contributed by atoms with van der Waals surface area (Å²) in [5.74, 6) is 0.912. The van der Waals surface area contributed by atoms with Gasteiger partial charge in [-0.15, -0.1) is 11.8 Å². The van der Waals surface area contributed by atoms with Crippen molar-refractivity contribution in [3.8, 4) is 22.8 Å². The fourth-order valence-electron chi connectivity index (χ4n) is 3.62. The second-order valence-corrected chi connectivity index (χ2v) is 9.00. The Morgan fingerprint density at radius 2 is 1.91 bits per heavy atom. The zero-order chi connectivity index (χ0) is 24.1. The Kier molecular flexibility index (Phi) is 7.32. The molecule has 1 unspecified atom stereocenters. The van der Waals surface area contributed by atoms with E-state index in [4.69, 9.17) is 10.3 Å². The highest BCUT2D eigenvalue weighted by molar-refractivity contribution is 7.98. The first-order valence-corrected chi connectivity index (χ1v) is 12.3. The molecule has 3 N–H and O–H groups in total. The van der Waals surface area contributed by atoms with Crippen LogP contribution in [0.5, 0.6) is 0 Å². The van der Waals surface area contributed by atoms with Crippen LogP contribution in [0, 0.1) is 6.92 Å². The maximum absolute atomic E-state index is 12.7. The highest BCUT2D eigenvalue weighted by Gasteiger charge is 2.24. The van der Waals surface area contributed by atoms with Gasteiger partial charge in [0.05, 0.1) is 0 Å². The minimum atomic E-state index is -0.153. The standard InChI is InChI=1S/C25H28N6O2S/c1-16-9-13-19(14-10-16)23-28-24(33-30-23)21-22(26)31(29-25(21)34-3)15-20(32)27-17(2)11-12-18-7-5-4-6-8-18/h4-10,13-14,17H,11-12,15,26H2,1-3H3,(H,27,32). The van der Waals surface area contributed by atoms with E-state index in [1.54, 1.807) is 0 Å². The summed E-state index contributed by atoms with van der Waals surface area (Å²) in [5.41, 5.74) is 10.2. The number of amides is 1. The quantitative estimate of drug-likeness (QED) is 0.345. The maximum atomic E-state index is 12.7. The van der Waals surface area contributed by atoms with Crippen LogP contribution >= 0.6 is 11.8 Å². The third kappa shape index (κ3) is 5.48. The van der Waals surface area contributed by atoms with E-state index in [9.17, 15) is 4.79 Å². The fourth-order valence-corrected chi connectivity index (χ4v) is 4.19. The van der Waals surface area contributed by atoms with Crippen molar-refractivity contribution in [3.63, 3.8) is 0 Å². The van der Waals surface area contributed by atoms with Gasteiger partial charge < -0.3 is 15.6 Å². The molecule has 0 fully saturated rings. The second kappa shape index (κ2) is 10.6. The van der Waals surface area contributed by atoms with Crippen LogP contribution in [0.25, 0.3) is 22.8 Å². The van der Waals surface area contributed by atoms with Crippen molar-refractivity contribution >= 4 is 23.5 Å². The number of benzene rings is 2. The van der Waals surface area contributed by atoms with Crippen molar-refractivity contribution in [1.82, 2.24) is 25.2 Å². The first kappa shape index (κ1) is 23.6. The molecule has 34 heavy (non-hydrogen) atoms. The molecule has 2 aromatic carbocycles. The summed E-state index contributed by atoms with van der Waals surface area (Å²) in [6.45, 7) is 4.02. The van der Waals surface area contributed by atoms with Crippen LogP contribution in [-0.4, -0.2) is 38.1 Å². The number of rotatable bonds is 9. The molecule has 2 aromatic heterocycles. The predicted octanol–water partition coefficient (Wildman–Crippen LogP) is 4.35. The van der Waals surface area contributed by atoms with Gasteiger partial charge in [-0.3, -0.25) is 4.79 Å². The number of aromatic nitrogens is 4. The zero-order valence-electron chi connectivity index (χ0n) is 19.5. The van der Waals surface area contributed by atoms with Crippen molar-refractivity contribution in [2.24, 2.45) is 0 Å². The first-order chi connectivity index (χ1) is 16.4. The Bertz CT molecular complexity index is 1250. The van der Waals surface area contributed by atoms with E-state index in [-0.39, 0.29) is 24.4 Å². The third-order valence-corrected chi connectivity index (χ3v) is 6.18. The van der Waals surface area contributed by atoms with E-state index in [2.05, 4.69) is 32.7 Å². The topological polar surface area (TPSA) is 112 Å². The SMILES string of the molecule is CSc1nn(CC(=O)NC(C)CCc2ccccc2)c(N)c1-c1nc(-c2ccc(C)cc2)no1. The highest BCUT2D eigenvalue weighted by Crippen LogP contribution is 2.34. The molecular formula is C25H28N6O2S. The van der Waals surface area contributed by atoms with Crippen molar-refractivity contribution in [2.75, 3.05) is 12.0 Å². The normalized spacial score (nSPS) is 12.0. The van der Waals surface area contributed by atoms with Crippen molar-refractivity contribution < 1.29 is 9.32 Å². The number of thioether (sulfide) groups is 1. The Morgan fingerprint density at radius 3 is 2.62 bits per heavy atom. The summed E-state index contributed by atoms with van der Waals surface area (Å²) in [4.78, 5) is 17.2. The van der Waals surface area contributed by atoms with Gasteiger partial charge >= 0.3 is 0 Å². The lowest BCUT2D eigenvalue weighted by Crippen LogP contribution is -2.35. The fraction of sp³-hybridized carbons (Fsp3) is 0.280. The molecular weight excluding hydrogens is 448 g/mol. The molecule has 0 radical (unpaired) electrons. The van der Waals surface area contributed by atoms with Crippen LogP contribution in [0.3, 0.4) is 0 Å². The maximum Gasteiger partial charge on any atom is 0.264 e. The average molecular weight is 477 g/mol. The number of carbonyl (C=O) groups excluding carboxylic acids is 1. The average Bonchev–Trinajstić information content (AvgIpc) is 3.43. The molecule has 4 aromatic rings. The number of hydrogen-bond acceptors (Lipinski definition) is 7. The van der Waals surface area contributed by atoms with Crippen LogP contribution in [0.1, 0.15) is 24.5 Å². The minimum Gasteiger partial charge on any atom is -0.383 e. The van der Waals surface area contributed by atoms with E-state index in [1.165, 1.54) is 22.0 Å². The van der Waals surface area contributed by atoms with Gasteiger partial charge in [0.25, 0.3) is 5.89 Å². The van der Waals surface area contributed by atoms with Crippen molar-refractivity contribution in [1.29, 1.82) is 0 Å². The Hall–Kier alpha value is -3.59. The smallest absolute Gasteiger partial charge is 0.264 e. The second-order valence-electron chi connectivity index (χ2n) is 8.21. The number of nitrogens with two attached hydrogens (primary N) is 1. The molecule has 0 bridgehead atoms. The number of nitrogens with zero attached hydrogens (tertiary/aromatic N) is 4. The van der Waals surface area contributed by atoms with Gasteiger partial charge in [-0.25, -0.2) is 4.68 Å². The van der Waals surface area contributed by atoms with Crippen LogP contribution in [0.4, 0.5) is 5.82 Å². The van der Waals surface area contributed by atoms with Gasteiger partial charge in [-0.1, -0.05) is 65.3 Å². The molecule has 0 saturated heterocycles. The summed E-state index contributed by atoms with van der Waals surface area (Å²) in [7, 11) is 0. The number of carbonyl (C=O) groups is 1. The molecule has 0 saturated carbocycles. The lowest BCUT2D eigenvalue weighted by Gasteiger charge is -2.14. The molecule has 9 heteroatoms. The predicted molar refractivity (Wildman–Crippen MR) is 134 cm³/mol. The summed E-state index contributed by atoms with van der Waals surface area (Å²) in [6, 6.07) is 18.1. The summed E-state index contributed by atoms with van der Waals surface area (Å²) < 4.78 is 6.99. The molecule has 0 spiro atoms. The lowest BCUT2D eigenvalue weighted by atomic mass is 10.1. The Balaban J connectivity index is 1.44. The first-order valence-electron chi connectivity index (χ1n) is 11.1. The molecule has 2 heterocycles. The Labute approximate surface area is 202 Å². The summed E-state index contributed by atoms with van der Waals surface area (Å²) >= 11 is 1.41. The Morgan fingerprint density at radius 1 is 1.18 bits per heavy atom. The molecule has 0 aliphatic heterocycles. The minimum absolute atomic E-state index is 0.00796. The number of nitrogens with one attached hydrogen (secondary N) is 1. The lowest BCUT2D eigenvalue weighted by molar-refractivity contribution is -0.122. The highest BCUT2D eigenvalue weighted by atomic mass is 32.2. The van der Waals surface area contributed by atoms with Gasteiger partial charge in [0.15, 0.2) is 0 Å². The van der Waals surface area contributed by atoms with E-state index < -0.39 is 0 Å². The van der Waals surface area contributed by atoms with Gasteiger partial charge in [0.1, 0.15) is 23.0 Å². The van der Waals surface area contributed by atoms with Gasteiger partial charge in [0, 0.05) is 11.6 Å². The molecule has 0 aliphatic carbocycles. The van der Waals surface area contributed by atoms with E-state index in [0.717, 1.165) is 24.0 Å². The van der Waals surface area contributed by atoms with Crippen LogP contribution in [0.15, 0.2) is 64.1 Å². The molecule has 1 atom stereocenters. The number of aryl methyl sites for hydroxylation is 2. The third-order valence-electron chi connectivity index (χ3n) is 5.51. The van der Waals surface area contributed by atoms with Crippen molar-refractivity contribution in [3.05, 3.63) is 65.7 Å². The van der Waals surface area contributed by atoms with E-state index in [0.29, 0.717) is 22.2 Å². The molecule has 0 aliphatic rings. The van der Waals surface area contributed by atoms with Crippen LogP contribution in [0.2, 0.25) is 0 Å². The van der Waals surface area contributed by atoms with Crippen LogP contribution in [-0.2, 0) is 17.8 Å². The molecule has 8 nitrogen and oxygen atoms in total. The largest absolute Gasteiger partial charge is 0.383 e.